The molecule has 1 aromatic rings. The van der Waals surface area contributed by atoms with E-state index in [9.17, 15) is 4.79 Å². The van der Waals surface area contributed by atoms with Crippen LogP contribution in [0.3, 0.4) is 0 Å². The van der Waals surface area contributed by atoms with Gasteiger partial charge >= 0.3 is 0 Å². The fourth-order valence-electron chi connectivity index (χ4n) is 2.84. The lowest BCUT2D eigenvalue weighted by atomic mass is 9.62. The molecule has 0 atom stereocenters. The molecule has 1 aliphatic rings. The molecule has 1 aromatic carbocycles. The Bertz CT molecular complexity index is 450. The van der Waals surface area contributed by atoms with Gasteiger partial charge in [-0.3, -0.25) is 4.79 Å². The minimum Gasteiger partial charge on any atom is -0.494 e. The lowest BCUT2D eigenvalue weighted by molar-refractivity contribution is -0.132. The Morgan fingerprint density at radius 3 is 2.55 bits per heavy atom. The molecule has 20 heavy (non-hydrogen) atoms. The van der Waals surface area contributed by atoms with Crippen LogP contribution in [0.15, 0.2) is 24.3 Å². The van der Waals surface area contributed by atoms with Gasteiger partial charge in [-0.15, -0.1) is 0 Å². The van der Waals surface area contributed by atoms with E-state index in [-0.39, 0.29) is 11.3 Å². The van der Waals surface area contributed by atoms with Gasteiger partial charge in [0.25, 0.3) is 0 Å². The minimum absolute atomic E-state index is 0.0420. The third-order valence-electron chi connectivity index (χ3n) is 3.94. The first-order chi connectivity index (χ1) is 9.59. The second-order valence-corrected chi connectivity index (χ2v) is 5.82. The van der Waals surface area contributed by atoms with Crippen LogP contribution in [0.1, 0.15) is 33.1 Å². The molecule has 0 heterocycles. The Kier molecular flexibility index (Phi) is 4.65. The molecule has 1 aliphatic carbocycles. The molecular weight excluding hydrogens is 252 g/mol. The first-order valence-electron chi connectivity index (χ1n) is 7.34. The number of nitrogens with one attached hydrogen (secondary N) is 1. The van der Waals surface area contributed by atoms with Gasteiger partial charge < -0.3 is 15.8 Å². The van der Waals surface area contributed by atoms with E-state index in [1.165, 1.54) is 0 Å². The third kappa shape index (κ3) is 3.12. The largest absolute Gasteiger partial charge is 0.494 e. The summed E-state index contributed by atoms with van der Waals surface area (Å²) >= 11 is 0. The zero-order valence-corrected chi connectivity index (χ0v) is 12.3. The summed E-state index contributed by atoms with van der Waals surface area (Å²) < 4.78 is 5.52. The second kappa shape index (κ2) is 6.27. The Balaban J connectivity index is 1.94. The maximum Gasteiger partial charge on any atom is 0.231 e. The number of carbonyl (C=O) groups is 1. The van der Waals surface area contributed by atoms with Crippen LogP contribution in [0.2, 0.25) is 0 Å². The summed E-state index contributed by atoms with van der Waals surface area (Å²) in [6, 6.07) is 7.50. The topological polar surface area (TPSA) is 64.3 Å². The van der Waals surface area contributed by atoms with Crippen molar-refractivity contribution < 1.29 is 9.53 Å². The van der Waals surface area contributed by atoms with E-state index in [1.807, 2.05) is 24.3 Å². The Hall–Kier alpha value is -1.55. The lowest BCUT2D eigenvalue weighted by Crippen LogP contribution is -2.51. The van der Waals surface area contributed by atoms with E-state index in [1.54, 1.807) is 0 Å². The van der Waals surface area contributed by atoms with Crippen LogP contribution in [0.25, 0.3) is 0 Å². The summed E-state index contributed by atoms with van der Waals surface area (Å²) in [6.45, 7) is 5.35. The first kappa shape index (κ1) is 14.9. The van der Waals surface area contributed by atoms with Crippen LogP contribution in [0.5, 0.6) is 5.75 Å². The van der Waals surface area contributed by atoms with Gasteiger partial charge in [-0.25, -0.2) is 0 Å². The minimum atomic E-state index is -0.364. The Morgan fingerprint density at radius 1 is 1.40 bits per heavy atom. The maximum atomic E-state index is 12.3. The number of carbonyl (C=O) groups excluding carboxylic acids is 1. The van der Waals surface area contributed by atoms with Gasteiger partial charge in [-0.1, -0.05) is 13.8 Å². The van der Waals surface area contributed by atoms with E-state index < -0.39 is 0 Å². The van der Waals surface area contributed by atoms with Crippen molar-refractivity contribution in [3.8, 4) is 5.75 Å². The molecule has 1 amide bonds. The van der Waals surface area contributed by atoms with Gasteiger partial charge in [0.1, 0.15) is 5.75 Å². The van der Waals surface area contributed by atoms with Gasteiger partial charge in [0.05, 0.1) is 12.0 Å². The van der Waals surface area contributed by atoms with Gasteiger partial charge in [0.2, 0.25) is 5.91 Å². The molecule has 0 bridgehead atoms. The van der Waals surface area contributed by atoms with Gasteiger partial charge in [-0.2, -0.15) is 0 Å². The summed E-state index contributed by atoms with van der Waals surface area (Å²) in [7, 11) is 0. The number of amides is 1. The van der Waals surface area contributed by atoms with Crippen LogP contribution in [0, 0.1) is 11.3 Å². The summed E-state index contributed by atoms with van der Waals surface area (Å²) in [5.74, 6) is 1.46. The molecule has 3 N–H and O–H groups in total. The molecular formula is C16H24N2O2. The van der Waals surface area contributed by atoms with Crippen molar-refractivity contribution in [3.05, 3.63) is 24.3 Å². The SMILES string of the molecule is CCCOc1ccc(NC(=O)C2(CN)CC(C)C2)cc1. The highest BCUT2D eigenvalue weighted by molar-refractivity contribution is 5.96. The molecule has 0 aliphatic heterocycles. The van der Waals surface area contributed by atoms with Crippen LogP contribution >= 0.6 is 0 Å². The third-order valence-corrected chi connectivity index (χ3v) is 3.94. The van der Waals surface area contributed by atoms with Crippen molar-refractivity contribution >= 4 is 11.6 Å². The number of ether oxygens (including phenoxy) is 1. The smallest absolute Gasteiger partial charge is 0.231 e. The number of benzene rings is 1. The zero-order valence-electron chi connectivity index (χ0n) is 12.3. The average molecular weight is 276 g/mol. The normalized spacial score (nSPS) is 24.9. The van der Waals surface area contributed by atoms with Crippen molar-refractivity contribution in [1.29, 1.82) is 0 Å². The summed E-state index contributed by atoms with van der Waals surface area (Å²) in [6.07, 6.45) is 2.75. The van der Waals surface area contributed by atoms with E-state index in [0.717, 1.165) is 30.7 Å². The highest BCUT2D eigenvalue weighted by Gasteiger charge is 2.47. The molecule has 110 valence electrons. The number of rotatable bonds is 6. The molecule has 4 nitrogen and oxygen atoms in total. The molecule has 1 saturated carbocycles. The van der Waals surface area contributed by atoms with E-state index >= 15 is 0 Å². The summed E-state index contributed by atoms with van der Waals surface area (Å²) in [4.78, 5) is 12.3. The highest BCUT2D eigenvalue weighted by Crippen LogP contribution is 2.45. The van der Waals surface area contributed by atoms with Crippen molar-refractivity contribution in [2.24, 2.45) is 17.1 Å². The van der Waals surface area contributed by atoms with Crippen molar-refractivity contribution in [2.75, 3.05) is 18.5 Å². The average Bonchev–Trinajstić information content (AvgIpc) is 2.42. The van der Waals surface area contributed by atoms with Crippen molar-refractivity contribution in [3.63, 3.8) is 0 Å². The van der Waals surface area contributed by atoms with E-state index in [0.29, 0.717) is 19.1 Å². The van der Waals surface area contributed by atoms with Crippen molar-refractivity contribution in [1.82, 2.24) is 0 Å². The molecule has 0 saturated heterocycles. The summed E-state index contributed by atoms with van der Waals surface area (Å²) in [5, 5.41) is 2.96. The molecule has 4 heteroatoms. The number of nitrogens with two attached hydrogens (primary N) is 1. The van der Waals surface area contributed by atoms with Crippen LogP contribution in [-0.2, 0) is 4.79 Å². The monoisotopic (exact) mass is 276 g/mol. The quantitative estimate of drug-likeness (QED) is 0.839. The molecule has 0 unspecified atom stereocenters. The molecule has 0 spiro atoms. The predicted molar refractivity (Wildman–Crippen MR) is 80.7 cm³/mol. The van der Waals surface area contributed by atoms with Gasteiger partial charge in [0, 0.05) is 12.2 Å². The van der Waals surface area contributed by atoms with Crippen LogP contribution in [-0.4, -0.2) is 19.1 Å². The number of anilines is 1. The molecule has 0 radical (unpaired) electrons. The van der Waals surface area contributed by atoms with Gasteiger partial charge in [-0.05, 0) is 49.4 Å². The molecule has 2 rings (SSSR count). The zero-order chi connectivity index (χ0) is 14.6. The number of hydrogen-bond donors (Lipinski definition) is 2. The standard InChI is InChI=1S/C16H24N2O2/c1-3-8-20-14-6-4-13(5-7-14)18-15(19)16(11-17)9-12(2)10-16/h4-7,12H,3,8-11,17H2,1-2H3,(H,18,19). The van der Waals surface area contributed by atoms with Gasteiger partial charge in [0.15, 0.2) is 0 Å². The lowest BCUT2D eigenvalue weighted by Gasteiger charge is -2.44. The Morgan fingerprint density at radius 2 is 2.05 bits per heavy atom. The molecule has 1 fully saturated rings. The second-order valence-electron chi connectivity index (χ2n) is 5.82. The fraction of sp³-hybridized carbons (Fsp3) is 0.562. The Labute approximate surface area is 120 Å². The van der Waals surface area contributed by atoms with Crippen LogP contribution in [0.4, 0.5) is 5.69 Å². The predicted octanol–water partition coefficient (Wildman–Crippen LogP) is 2.79. The molecule has 0 aromatic heterocycles. The van der Waals surface area contributed by atoms with Crippen LogP contribution < -0.4 is 15.8 Å². The first-order valence-corrected chi connectivity index (χ1v) is 7.34. The van der Waals surface area contributed by atoms with E-state index in [4.69, 9.17) is 10.5 Å². The van der Waals surface area contributed by atoms with E-state index in [2.05, 4.69) is 19.2 Å². The van der Waals surface area contributed by atoms with Crippen molar-refractivity contribution in [2.45, 2.75) is 33.1 Å². The highest BCUT2D eigenvalue weighted by atomic mass is 16.5. The fourth-order valence-corrected chi connectivity index (χ4v) is 2.84. The number of hydrogen-bond acceptors (Lipinski definition) is 3. The summed E-state index contributed by atoms with van der Waals surface area (Å²) in [5.41, 5.74) is 6.22. The maximum absolute atomic E-state index is 12.3.